The zero-order chi connectivity index (χ0) is 23.0. The monoisotopic (exact) mass is 446 g/mol. The van der Waals surface area contributed by atoms with Gasteiger partial charge in [0, 0.05) is 44.1 Å². The molecule has 1 atom stereocenters. The SMILES string of the molecule is NC(=O)Nc1ccc(OCC(O)CN2CCN(c3ccc(-c4ccccc4)cc3)CC2)cc1. The summed E-state index contributed by atoms with van der Waals surface area (Å²) in [6.07, 6.45) is -0.579. The number of hydrogen-bond acceptors (Lipinski definition) is 5. The molecule has 0 bridgehead atoms. The molecule has 0 spiro atoms. The highest BCUT2D eigenvalue weighted by Crippen LogP contribution is 2.24. The van der Waals surface area contributed by atoms with Crippen molar-refractivity contribution in [2.75, 3.05) is 49.5 Å². The molecule has 1 saturated heterocycles. The maximum Gasteiger partial charge on any atom is 0.316 e. The molecular formula is C26H30N4O3. The summed E-state index contributed by atoms with van der Waals surface area (Å²) in [7, 11) is 0. The Morgan fingerprint density at radius 1 is 0.909 bits per heavy atom. The van der Waals surface area contributed by atoms with Crippen LogP contribution in [0.1, 0.15) is 0 Å². The van der Waals surface area contributed by atoms with Gasteiger partial charge in [0.25, 0.3) is 0 Å². The Labute approximate surface area is 194 Å². The van der Waals surface area contributed by atoms with E-state index in [0.29, 0.717) is 18.0 Å². The molecule has 3 aromatic carbocycles. The number of rotatable bonds is 8. The van der Waals surface area contributed by atoms with Crippen molar-refractivity contribution in [3.05, 3.63) is 78.9 Å². The van der Waals surface area contributed by atoms with Gasteiger partial charge >= 0.3 is 6.03 Å². The fourth-order valence-electron chi connectivity index (χ4n) is 4.00. The number of aliphatic hydroxyl groups is 1. The van der Waals surface area contributed by atoms with Crippen molar-refractivity contribution >= 4 is 17.4 Å². The average Bonchev–Trinajstić information content (AvgIpc) is 2.84. The Hall–Kier alpha value is -3.55. The predicted molar refractivity (Wildman–Crippen MR) is 132 cm³/mol. The molecule has 33 heavy (non-hydrogen) atoms. The minimum absolute atomic E-state index is 0.212. The van der Waals surface area contributed by atoms with Crippen LogP contribution in [0.3, 0.4) is 0 Å². The van der Waals surface area contributed by atoms with Gasteiger partial charge in [-0.15, -0.1) is 0 Å². The molecule has 0 radical (unpaired) electrons. The molecule has 0 saturated carbocycles. The zero-order valence-corrected chi connectivity index (χ0v) is 18.6. The molecule has 7 heteroatoms. The second-order valence-corrected chi connectivity index (χ2v) is 8.18. The summed E-state index contributed by atoms with van der Waals surface area (Å²) in [5.74, 6) is 0.632. The lowest BCUT2D eigenvalue weighted by atomic mass is 10.1. The summed E-state index contributed by atoms with van der Waals surface area (Å²) in [5, 5.41) is 12.9. The van der Waals surface area contributed by atoms with Crippen molar-refractivity contribution in [1.82, 2.24) is 4.90 Å². The molecule has 1 aliphatic rings. The zero-order valence-electron chi connectivity index (χ0n) is 18.6. The van der Waals surface area contributed by atoms with E-state index in [9.17, 15) is 9.90 Å². The number of piperazine rings is 1. The number of carbonyl (C=O) groups is 1. The third-order valence-corrected chi connectivity index (χ3v) is 5.75. The number of nitrogens with zero attached hydrogens (tertiary/aromatic N) is 2. The molecule has 4 N–H and O–H groups in total. The maximum absolute atomic E-state index is 10.9. The second-order valence-electron chi connectivity index (χ2n) is 8.18. The Bertz CT molecular complexity index is 1020. The van der Waals surface area contributed by atoms with Gasteiger partial charge in [0.15, 0.2) is 0 Å². The number of urea groups is 1. The van der Waals surface area contributed by atoms with E-state index in [4.69, 9.17) is 10.5 Å². The minimum atomic E-state index is -0.608. The third kappa shape index (κ3) is 6.47. The molecule has 3 aromatic rings. The maximum atomic E-state index is 10.9. The first-order chi connectivity index (χ1) is 16.1. The van der Waals surface area contributed by atoms with Crippen LogP contribution in [0.5, 0.6) is 5.75 Å². The number of ether oxygens (including phenoxy) is 1. The van der Waals surface area contributed by atoms with E-state index < -0.39 is 12.1 Å². The number of carbonyl (C=O) groups excluding carboxylic acids is 1. The lowest BCUT2D eigenvalue weighted by Gasteiger charge is -2.37. The van der Waals surface area contributed by atoms with Crippen LogP contribution in [0.2, 0.25) is 0 Å². The first-order valence-electron chi connectivity index (χ1n) is 11.2. The molecule has 2 amide bonds. The Kier molecular flexibility index (Phi) is 7.44. The topological polar surface area (TPSA) is 91.1 Å². The summed E-state index contributed by atoms with van der Waals surface area (Å²) in [5.41, 5.74) is 9.37. The molecule has 0 aromatic heterocycles. The lowest BCUT2D eigenvalue weighted by Crippen LogP contribution is -2.49. The van der Waals surface area contributed by atoms with Crippen molar-refractivity contribution in [2.45, 2.75) is 6.10 Å². The predicted octanol–water partition coefficient (Wildman–Crippen LogP) is 3.41. The van der Waals surface area contributed by atoms with Crippen molar-refractivity contribution < 1.29 is 14.6 Å². The van der Waals surface area contributed by atoms with Crippen molar-refractivity contribution in [2.24, 2.45) is 5.73 Å². The van der Waals surface area contributed by atoms with Gasteiger partial charge in [-0.2, -0.15) is 0 Å². The molecule has 0 aliphatic carbocycles. The van der Waals surface area contributed by atoms with Gasteiger partial charge in [-0.25, -0.2) is 4.79 Å². The van der Waals surface area contributed by atoms with E-state index in [0.717, 1.165) is 26.2 Å². The number of nitrogens with one attached hydrogen (secondary N) is 1. The first kappa shape index (κ1) is 22.6. The summed E-state index contributed by atoms with van der Waals surface area (Å²) >= 11 is 0. The van der Waals surface area contributed by atoms with Gasteiger partial charge in [-0.1, -0.05) is 42.5 Å². The van der Waals surface area contributed by atoms with E-state index in [-0.39, 0.29) is 6.61 Å². The van der Waals surface area contributed by atoms with Gasteiger partial charge in [0.2, 0.25) is 0 Å². The van der Waals surface area contributed by atoms with Crippen molar-refractivity contribution in [3.63, 3.8) is 0 Å². The number of anilines is 2. The highest BCUT2D eigenvalue weighted by Gasteiger charge is 2.20. The number of nitrogens with two attached hydrogens (primary N) is 1. The highest BCUT2D eigenvalue weighted by atomic mass is 16.5. The average molecular weight is 447 g/mol. The summed E-state index contributed by atoms with van der Waals surface area (Å²) < 4.78 is 5.68. The van der Waals surface area contributed by atoms with E-state index in [2.05, 4.69) is 63.6 Å². The first-order valence-corrected chi connectivity index (χ1v) is 11.2. The van der Waals surface area contributed by atoms with Gasteiger partial charge < -0.3 is 25.8 Å². The van der Waals surface area contributed by atoms with Crippen LogP contribution in [-0.2, 0) is 0 Å². The molecule has 1 unspecified atom stereocenters. The number of hydrogen-bond donors (Lipinski definition) is 3. The number of benzene rings is 3. The van der Waals surface area contributed by atoms with Crippen molar-refractivity contribution in [3.8, 4) is 16.9 Å². The van der Waals surface area contributed by atoms with Crippen LogP contribution in [0, 0.1) is 0 Å². The Morgan fingerprint density at radius 2 is 1.55 bits per heavy atom. The normalized spacial score (nSPS) is 15.1. The highest BCUT2D eigenvalue weighted by molar-refractivity contribution is 5.87. The van der Waals surface area contributed by atoms with E-state index >= 15 is 0 Å². The largest absolute Gasteiger partial charge is 0.491 e. The smallest absolute Gasteiger partial charge is 0.316 e. The van der Waals surface area contributed by atoms with Gasteiger partial charge in [0.1, 0.15) is 18.5 Å². The van der Waals surface area contributed by atoms with E-state index in [1.807, 2.05) is 6.07 Å². The molecule has 1 fully saturated rings. The molecule has 172 valence electrons. The third-order valence-electron chi connectivity index (χ3n) is 5.75. The fourth-order valence-corrected chi connectivity index (χ4v) is 4.00. The molecule has 4 rings (SSSR count). The molecule has 7 nitrogen and oxygen atoms in total. The Balaban J connectivity index is 1.20. The quantitative estimate of drug-likeness (QED) is 0.493. The van der Waals surface area contributed by atoms with Crippen LogP contribution in [0.4, 0.5) is 16.2 Å². The van der Waals surface area contributed by atoms with Crippen LogP contribution < -0.4 is 20.7 Å². The van der Waals surface area contributed by atoms with Crippen LogP contribution >= 0.6 is 0 Å². The van der Waals surface area contributed by atoms with E-state index in [1.54, 1.807) is 24.3 Å². The molecule has 1 heterocycles. The van der Waals surface area contributed by atoms with Crippen molar-refractivity contribution in [1.29, 1.82) is 0 Å². The van der Waals surface area contributed by atoms with Gasteiger partial charge in [-0.3, -0.25) is 4.90 Å². The lowest BCUT2D eigenvalue weighted by molar-refractivity contribution is 0.0663. The van der Waals surface area contributed by atoms with Crippen LogP contribution in [0.15, 0.2) is 78.9 Å². The molecular weight excluding hydrogens is 416 g/mol. The van der Waals surface area contributed by atoms with E-state index in [1.165, 1.54) is 16.8 Å². The Morgan fingerprint density at radius 3 is 2.18 bits per heavy atom. The standard InChI is InChI=1S/C26H30N4O3/c27-26(32)28-22-8-12-25(13-9-22)33-19-24(31)18-29-14-16-30(17-15-29)23-10-6-21(7-11-23)20-4-2-1-3-5-20/h1-13,24,31H,14-19H2,(H3,27,28,32). The number of amides is 2. The summed E-state index contributed by atoms with van der Waals surface area (Å²) in [4.78, 5) is 15.5. The molecule has 1 aliphatic heterocycles. The summed E-state index contributed by atoms with van der Waals surface area (Å²) in [6, 6.07) is 25.4. The van der Waals surface area contributed by atoms with Crippen LogP contribution in [-0.4, -0.2) is 61.5 Å². The summed E-state index contributed by atoms with van der Waals surface area (Å²) in [6.45, 7) is 4.42. The fraction of sp³-hybridized carbons (Fsp3) is 0.269. The number of primary amides is 1. The number of aliphatic hydroxyl groups excluding tert-OH is 1. The second kappa shape index (κ2) is 10.8. The van der Waals surface area contributed by atoms with Gasteiger partial charge in [-0.05, 0) is 47.5 Å². The minimum Gasteiger partial charge on any atom is -0.491 e. The number of β-amino-alcohol motifs (C(OH)–C–C–N with tert-alkyl or cyclic N) is 1. The van der Waals surface area contributed by atoms with Gasteiger partial charge in [0.05, 0.1) is 0 Å². The van der Waals surface area contributed by atoms with Crippen LogP contribution in [0.25, 0.3) is 11.1 Å².